The van der Waals surface area contributed by atoms with E-state index >= 15 is 0 Å². The maximum atomic E-state index is 13.8. The number of amides is 2. The van der Waals surface area contributed by atoms with Crippen LogP contribution in [0.3, 0.4) is 0 Å². The molecule has 0 bridgehead atoms. The van der Waals surface area contributed by atoms with Crippen molar-refractivity contribution in [3.05, 3.63) is 94.9 Å². The van der Waals surface area contributed by atoms with Crippen molar-refractivity contribution in [2.45, 2.75) is 0 Å². The number of halogens is 2. The van der Waals surface area contributed by atoms with Gasteiger partial charge in [-0.25, -0.2) is 9.29 Å². The molecule has 0 aromatic heterocycles. The predicted octanol–water partition coefficient (Wildman–Crippen LogP) is 4.88. The van der Waals surface area contributed by atoms with E-state index < -0.39 is 17.6 Å². The Morgan fingerprint density at radius 2 is 1.70 bits per heavy atom. The van der Waals surface area contributed by atoms with Crippen LogP contribution in [0.15, 0.2) is 78.5 Å². The van der Waals surface area contributed by atoms with Gasteiger partial charge < -0.3 is 10.1 Å². The van der Waals surface area contributed by atoms with Crippen molar-refractivity contribution in [1.29, 1.82) is 0 Å². The van der Waals surface area contributed by atoms with Crippen molar-refractivity contribution >= 4 is 40.4 Å². The zero-order valence-corrected chi connectivity index (χ0v) is 16.6. The summed E-state index contributed by atoms with van der Waals surface area (Å²) in [7, 11) is 1.49. The third kappa shape index (κ3) is 3.53. The maximum absolute atomic E-state index is 13.8. The van der Waals surface area contributed by atoms with Gasteiger partial charge in [0.25, 0.3) is 11.8 Å². The summed E-state index contributed by atoms with van der Waals surface area (Å²) in [5, 5.41) is 3.44. The Morgan fingerprint density at radius 1 is 0.933 bits per heavy atom. The van der Waals surface area contributed by atoms with Crippen LogP contribution < -0.4 is 15.0 Å². The Kier molecular flexibility index (Phi) is 5.25. The van der Waals surface area contributed by atoms with Gasteiger partial charge in [0.2, 0.25) is 0 Å². The number of carbonyl (C=O) groups is 2. The van der Waals surface area contributed by atoms with Crippen LogP contribution in [0.1, 0.15) is 5.56 Å². The molecule has 150 valence electrons. The Balaban J connectivity index is 1.85. The van der Waals surface area contributed by atoms with E-state index in [9.17, 15) is 14.0 Å². The van der Waals surface area contributed by atoms with E-state index in [1.54, 1.807) is 42.5 Å². The quantitative estimate of drug-likeness (QED) is 0.595. The van der Waals surface area contributed by atoms with Gasteiger partial charge in [-0.1, -0.05) is 48.0 Å². The Hall–Kier alpha value is -3.64. The van der Waals surface area contributed by atoms with E-state index in [2.05, 4.69) is 5.32 Å². The van der Waals surface area contributed by atoms with Gasteiger partial charge in [0.05, 0.1) is 24.1 Å². The number of ether oxygens (including phenoxy) is 1. The van der Waals surface area contributed by atoms with Crippen LogP contribution in [-0.4, -0.2) is 18.9 Å². The van der Waals surface area contributed by atoms with Crippen LogP contribution in [-0.2, 0) is 9.59 Å². The molecule has 0 spiro atoms. The average Bonchev–Trinajstić information content (AvgIpc) is 2.98. The van der Waals surface area contributed by atoms with Crippen molar-refractivity contribution in [3.8, 4) is 5.75 Å². The van der Waals surface area contributed by atoms with E-state index in [1.807, 2.05) is 6.07 Å². The third-order valence-electron chi connectivity index (χ3n) is 4.63. The summed E-state index contributed by atoms with van der Waals surface area (Å²) in [5.74, 6) is -1.26. The summed E-state index contributed by atoms with van der Waals surface area (Å²) in [6.45, 7) is 0. The molecule has 0 unspecified atom stereocenters. The standard InChI is InChI=1S/C23H16ClFN2O3/c1-30-19-11-10-15(24)12-18(19)26-21-20(14-6-3-2-4-7-14)22(28)27(23(21)29)17-9-5-8-16(25)13-17/h2-13,26H,1H3. The highest BCUT2D eigenvalue weighted by Gasteiger charge is 2.40. The van der Waals surface area contributed by atoms with E-state index in [1.165, 1.54) is 25.3 Å². The van der Waals surface area contributed by atoms with Gasteiger partial charge in [0, 0.05) is 5.02 Å². The highest BCUT2D eigenvalue weighted by molar-refractivity contribution is 6.46. The molecule has 30 heavy (non-hydrogen) atoms. The molecule has 1 N–H and O–H groups in total. The zero-order valence-electron chi connectivity index (χ0n) is 15.9. The summed E-state index contributed by atoms with van der Waals surface area (Å²) in [4.78, 5) is 27.5. The summed E-state index contributed by atoms with van der Waals surface area (Å²) in [6.07, 6.45) is 0. The van der Waals surface area contributed by atoms with E-state index in [0.717, 1.165) is 11.0 Å². The highest BCUT2D eigenvalue weighted by Crippen LogP contribution is 2.36. The van der Waals surface area contributed by atoms with Gasteiger partial charge in [-0.3, -0.25) is 9.59 Å². The number of imide groups is 1. The second-order valence-electron chi connectivity index (χ2n) is 6.51. The fourth-order valence-corrected chi connectivity index (χ4v) is 3.45. The maximum Gasteiger partial charge on any atom is 0.282 e. The van der Waals surface area contributed by atoms with Crippen molar-refractivity contribution in [2.24, 2.45) is 0 Å². The van der Waals surface area contributed by atoms with Crippen LogP contribution in [0.4, 0.5) is 15.8 Å². The number of nitrogens with zero attached hydrogens (tertiary/aromatic N) is 1. The number of nitrogens with one attached hydrogen (secondary N) is 1. The second kappa shape index (κ2) is 8.00. The van der Waals surface area contributed by atoms with Gasteiger partial charge in [-0.15, -0.1) is 0 Å². The number of anilines is 2. The van der Waals surface area contributed by atoms with Crippen LogP contribution in [0, 0.1) is 5.82 Å². The van der Waals surface area contributed by atoms with Crippen molar-refractivity contribution in [1.82, 2.24) is 0 Å². The summed E-state index contributed by atoms with van der Waals surface area (Å²) in [5.41, 5.74) is 1.35. The molecule has 0 saturated heterocycles. The Labute approximate surface area is 177 Å². The molecule has 0 fully saturated rings. The van der Waals surface area contributed by atoms with Gasteiger partial charge in [-0.2, -0.15) is 0 Å². The first kappa shape index (κ1) is 19.7. The number of methoxy groups -OCH3 is 1. The topological polar surface area (TPSA) is 58.6 Å². The van der Waals surface area contributed by atoms with Gasteiger partial charge in [-0.05, 0) is 42.0 Å². The normalized spacial score (nSPS) is 13.8. The number of hydrogen-bond acceptors (Lipinski definition) is 4. The van der Waals surface area contributed by atoms with Crippen molar-refractivity contribution < 1.29 is 18.7 Å². The Bertz CT molecular complexity index is 1180. The zero-order chi connectivity index (χ0) is 21.3. The molecule has 0 radical (unpaired) electrons. The molecule has 0 saturated carbocycles. The van der Waals surface area contributed by atoms with Crippen LogP contribution in [0.2, 0.25) is 5.02 Å². The monoisotopic (exact) mass is 422 g/mol. The first-order valence-electron chi connectivity index (χ1n) is 9.04. The molecular weight excluding hydrogens is 407 g/mol. The minimum atomic E-state index is -0.605. The molecule has 7 heteroatoms. The number of carbonyl (C=O) groups excluding carboxylic acids is 2. The van der Waals surface area contributed by atoms with E-state index in [4.69, 9.17) is 16.3 Å². The largest absolute Gasteiger partial charge is 0.495 e. The van der Waals surface area contributed by atoms with Gasteiger partial charge in [0.15, 0.2) is 0 Å². The molecule has 0 aliphatic carbocycles. The molecule has 3 aromatic carbocycles. The number of hydrogen-bond donors (Lipinski definition) is 1. The molecule has 1 aliphatic heterocycles. The van der Waals surface area contributed by atoms with E-state index in [-0.39, 0.29) is 17.0 Å². The first-order valence-corrected chi connectivity index (χ1v) is 9.42. The fraction of sp³-hybridized carbons (Fsp3) is 0.0435. The minimum Gasteiger partial charge on any atom is -0.495 e. The lowest BCUT2D eigenvalue weighted by atomic mass is 10.0. The summed E-state index contributed by atoms with van der Waals surface area (Å²) in [6, 6.07) is 19.0. The summed E-state index contributed by atoms with van der Waals surface area (Å²) < 4.78 is 19.1. The second-order valence-corrected chi connectivity index (χ2v) is 6.95. The van der Waals surface area contributed by atoms with Crippen LogP contribution in [0.5, 0.6) is 5.75 Å². The molecule has 4 rings (SSSR count). The van der Waals surface area contributed by atoms with E-state index in [0.29, 0.717) is 22.0 Å². The lowest BCUT2D eigenvalue weighted by Crippen LogP contribution is -2.32. The first-order chi connectivity index (χ1) is 14.5. The summed E-state index contributed by atoms with van der Waals surface area (Å²) >= 11 is 6.10. The lowest BCUT2D eigenvalue weighted by Gasteiger charge is -2.16. The molecule has 1 heterocycles. The molecule has 2 amide bonds. The predicted molar refractivity (Wildman–Crippen MR) is 114 cm³/mol. The average molecular weight is 423 g/mol. The minimum absolute atomic E-state index is 0.0519. The molecule has 0 atom stereocenters. The molecule has 1 aliphatic rings. The Morgan fingerprint density at radius 3 is 2.40 bits per heavy atom. The highest BCUT2D eigenvalue weighted by atomic mass is 35.5. The van der Waals surface area contributed by atoms with Crippen LogP contribution >= 0.6 is 11.6 Å². The smallest absolute Gasteiger partial charge is 0.282 e. The molecular formula is C23H16ClFN2O3. The SMILES string of the molecule is COc1ccc(Cl)cc1NC1=C(c2ccccc2)C(=O)N(c2cccc(F)c2)C1=O. The molecule has 3 aromatic rings. The van der Waals surface area contributed by atoms with Crippen molar-refractivity contribution in [3.63, 3.8) is 0 Å². The number of benzene rings is 3. The van der Waals surface area contributed by atoms with Gasteiger partial charge in [0.1, 0.15) is 17.3 Å². The van der Waals surface area contributed by atoms with Gasteiger partial charge >= 0.3 is 0 Å². The lowest BCUT2D eigenvalue weighted by molar-refractivity contribution is -0.120. The van der Waals surface area contributed by atoms with Crippen LogP contribution in [0.25, 0.3) is 5.57 Å². The number of rotatable bonds is 5. The fourth-order valence-electron chi connectivity index (χ4n) is 3.28. The van der Waals surface area contributed by atoms with Crippen molar-refractivity contribution in [2.75, 3.05) is 17.3 Å². The third-order valence-corrected chi connectivity index (χ3v) is 4.87. The molecule has 5 nitrogen and oxygen atoms in total.